The molecule has 2 nitrogen and oxygen atoms in total. The number of carbonyl (C=O) groups is 1. The second kappa shape index (κ2) is 5.22. The molecule has 0 fully saturated rings. The summed E-state index contributed by atoms with van der Waals surface area (Å²) in [7, 11) is 0. The van der Waals surface area contributed by atoms with Crippen molar-refractivity contribution in [1.82, 2.24) is 0 Å². The molecule has 14 heavy (non-hydrogen) atoms. The van der Waals surface area contributed by atoms with Gasteiger partial charge in [0.15, 0.2) is 5.78 Å². The van der Waals surface area contributed by atoms with Gasteiger partial charge in [-0.15, -0.1) is 0 Å². The summed E-state index contributed by atoms with van der Waals surface area (Å²) < 4.78 is 5.43. The molecule has 0 spiro atoms. The van der Waals surface area contributed by atoms with Crippen LogP contribution in [0.4, 0.5) is 0 Å². The van der Waals surface area contributed by atoms with E-state index in [9.17, 15) is 4.79 Å². The van der Waals surface area contributed by atoms with Gasteiger partial charge in [0.2, 0.25) is 0 Å². The van der Waals surface area contributed by atoms with Crippen molar-refractivity contribution in [2.24, 2.45) is 0 Å². The van der Waals surface area contributed by atoms with Crippen LogP contribution < -0.4 is 4.74 Å². The standard InChI is InChI=1S/C12H14O2/c1-3-4-9-14-12-8-6-5-7-11(12)10(2)13/h3-8H,9H2,1-2H3/b4-3+. The van der Waals surface area contributed by atoms with Crippen molar-refractivity contribution in [3.05, 3.63) is 42.0 Å². The van der Waals surface area contributed by atoms with E-state index in [0.29, 0.717) is 17.9 Å². The lowest BCUT2D eigenvalue weighted by molar-refractivity contribution is 0.101. The zero-order chi connectivity index (χ0) is 10.4. The van der Waals surface area contributed by atoms with Crippen LogP contribution in [0.5, 0.6) is 5.75 Å². The Morgan fingerprint density at radius 2 is 2.14 bits per heavy atom. The second-order valence-corrected chi connectivity index (χ2v) is 2.93. The zero-order valence-electron chi connectivity index (χ0n) is 8.49. The van der Waals surface area contributed by atoms with Gasteiger partial charge in [0.25, 0.3) is 0 Å². The number of Topliss-reactive ketones (excluding diaryl/α,β-unsaturated/α-hetero) is 1. The van der Waals surface area contributed by atoms with Crippen LogP contribution in [0.3, 0.4) is 0 Å². The Labute approximate surface area is 84.2 Å². The third kappa shape index (κ3) is 2.73. The van der Waals surface area contributed by atoms with Crippen molar-refractivity contribution in [1.29, 1.82) is 0 Å². The molecule has 0 heterocycles. The molecule has 0 saturated carbocycles. The molecule has 1 rings (SSSR count). The Morgan fingerprint density at radius 1 is 1.43 bits per heavy atom. The smallest absolute Gasteiger partial charge is 0.163 e. The van der Waals surface area contributed by atoms with Crippen molar-refractivity contribution in [3.63, 3.8) is 0 Å². The largest absolute Gasteiger partial charge is 0.489 e. The van der Waals surface area contributed by atoms with Crippen molar-refractivity contribution < 1.29 is 9.53 Å². The maximum Gasteiger partial charge on any atom is 0.163 e. The summed E-state index contributed by atoms with van der Waals surface area (Å²) in [5.41, 5.74) is 0.636. The van der Waals surface area contributed by atoms with E-state index in [1.54, 1.807) is 12.1 Å². The van der Waals surface area contributed by atoms with Gasteiger partial charge in [0.05, 0.1) is 5.56 Å². The Balaban J connectivity index is 2.79. The van der Waals surface area contributed by atoms with E-state index in [1.807, 2.05) is 31.2 Å². The van der Waals surface area contributed by atoms with Crippen molar-refractivity contribution in [2.75, 3.05) is 6.61 Å². The van der Waals surface area contributed by atoms with Gasteiger partial charge < -0.3 is 4.74 Å². The van der Waals surface area contributed by atoms with Gasteiger partial charge >= 0.3 is 0 Å². The summed E-state index contributed by atoms with van der Waals surface area (Å²) in [6, 6.07) is 7.27. The van der Waals surface area contributed by atoms with E-state index < -0.39 is 0 Å². The SMILES string of the molecule is C/C=C/COc1ccccc1C(C)=O. The van der Waals surface area contributed by atoms with Crippen LogP contribution in [0.15, 0.2) is 36.4 Å². The number of hydrogen-bond acceptors (Lipinski definition) is 2. The number of carbonyl (C=O) groups excluding carboxylic acids is 1. The maximum atomic E-state index is 11.2. The fraction of sp³-hybridized carbons (Fsp3) is 0.250. The number of ether oxygens (including phenoxy) is 1. The Hall–Kier alpha value is -1.57. The molecule has 0 aliphatic carbocycles. The molecule has 0 amide bonds. The average Bonchev–Trinajstić information content (AvgIpc) is 2.19. The van der Waals surface area contributed by atoms with Crippen LogP contribution in [0.25, 0.3) is 0 Å². The van der Waals surface area contributed by atoms with Crippen LogP contribution in [0.2, 0.25) is 0 Å². The fourth-order valence-corrected chi connectivity index (χ4v) is 1.12. The van der Waals surface area contributed by atoms with Gasteiger partial charge in [0.1, 0.15) is 12.4 Å². The van der Waals surface area contributed by atoms with Crippen molar-refractivity contribution in [2.45, 2.75) is 13.8 Å². The monoisotopic (exact) mass is 190 g/mol. The van der Waals surface area contributed by atoms with Crippen molar-refractivity contribution >= 4 is 5.78 Å². The topological polar surface area (TPSA) is 26.3 Å². The average molecular weight is 190 g/mol. The normalized spacial score (nSPS) is 10.4. The van der Waals surface area contributed by atoms with Crippen LogP contribution in [-0.2, 0) is 0 Å². The van der Waals surface area contributed by atoms with Crippen LogP contribution in [0.1, 0.15) is 24.2 Å². The minimum atomic E-state index is 0.0288. The zero-order valence-corrected chi connectivity index (χ0v) is 8.49. The van der Waals surface area contributed by atoms with E-state index in [4.69, 9.17) is 4.74 Å². The summed E-state index contributed by atoms with van der Waals surface area (Å²) in [4.78, 5) is 11.2. The first-order valence-corrected chi connectivity index (χ1v) is 4.59. The van der Waals surface area contributed by atoms with Gasteiger partial charge in [-0.2, -0.15) is 0 Å². The fourth-order valence-electron chi connectivity index (χ4n) is 1.12. The number of para-hydroxylation sites is 1. The van der Waals surface area contributed by atoms with E-state index in [2.05, 4.69) is 0 Å². The van der Waals surface area contributed by atoms with Crippen LogP contribution in [0, 0.1) is 0 Å². The summed E-state index contributed by atoms with van der Waals surface area (Å²) >= 11 is 0. The highest BCUT2D eigenvalue weighted by molar-refractivity contribution is 5.96. The molecule has 1 aromatic carbocycles. The summed E-state index contributed by atoms with van der Waals surface area (Å²) in [6.07, 6.45) is 3.81. The third-order valence-corrected chi connectivity index (χ3v) is 1.84. The molecule has 0 aliphatic rings. The maximum absolute atomic E-state index is 11.2. The van der Waals surface area contributed by atoms with E-state index in [-0.39, 0.29) is 5.78 Å². The first-order valence-electron chi connectivity index (χ1n) is 4.59. The molecule has 0 radical (unpaired) electrons. The summed E-state index contributed by atoms with van der Waals surface area (Å²) in [6.45, 7) is 3.97. The number of hydrogen-bond donors (Lipinski definition) is 0. The Bertz CT molecular complexity index is 340. The lowest BCUT2D eigenvalue weighted by Crippen LogP contribution is -2.00. The second-order valence-electron chi connectivity index (χ2n) is 2.93. The predicted octanol–water partition coefficient (Wildman–Crippen LogP) is 2.84. The van der Waals surface area contributed by atoms with Gasteiger partial charge in [-0.1, -0.05) is 24.3 Å². The van der Waals surface area contributed by atoms with Gasteiger partial charge in [-0.3, -0.25) is 4.79 Å². The Kier molecular flexibility index (Phi) is 3.92. The van der Waals surface area contributed by atoms with Crippen LogP contribution in [-0.4, -0.2) is 12.4 Å². The highest BCUT2D eigenvalue weighted by atomic mass is 16.5. The molecule has 2 heteroatoms. The van der Waals surface area contributed by atoms with E-state index in [1.165, 1.54) is 6.92 Å². The molecule has 0 atom stereocenters. The molecular formula is C12H14O2. The molecule has 0 N–H and O–H groups in total. The van der Waals surface area contributed by atoms with Crippen LogP contribution >= 0.6 is 0 Å². The molecule has 0 saturated heterocycles. The summed E-state index contributed by atoms with van der Waals surface area (Å²) in [5.74, 6) is 0.680. The van der Waals surface area contributed by atoms with Gasteiger partial charge in [-0.05, 0) is 26.0 Å². The van der Waals surface area contributed by atoms with Gasteiger partial charge in [-0.25, -0.2) is 0 Å². The molecule has 0 bridgehead atoms. The van der Waals surface area contributed by atoms with Gasteiger partial charge in [0, 0.05) is 0 Å². The number of benzene rings is 1. The number of allylic oxidation sites excluding steroid dienone is 1. The molecule has 0 aromatic heterocycles. The number of ketones is 1. The van der Waals surface area contributed by atoms with E-state index >= 15 is 0 Å². The lowest BCUT2D eigenvalue weighted by Gasteiger charge is -2.06. The Morgan fingerprint density at radius 3 is 2.79 bits per heavy atom. The van der Waals surface area contributed by atoms with E-state index in [0.717, 1.165) is 0 Å². The quantitative estimate of drug-likeness (QED) is 0.539. The molecule has 74 valence electrons. The highest BCUT2D eigenvalue weighted by Crippen LogP contribution is 2.18. The minimum Gasteiger partial charge on any atom is -0.489 e. The van der Waals surface area contributed by atoms with Crippen molar-refractivity contribution in [3.8, 4) is 5.75 Å². The third-order valence-electron chi connectivity index (χ3n) is 1.84. The molecule has 0 unspecified atom stereocenters. The lowest BCUT2D eigenvalue weighted by atomic mass is 10.1. The molecule has 0 aliphatic heterocycles. The minimum absolute atomic E-state index is 0.0288. The summed E-state index contributed by atoms with van der Waals surface area (Å²) in [5, 5.41) is 0. The first kappa shape index (κ1) is 10.5. The highest BCUT2D eigenvalue weighted by Gasteiger charge is 2.05. The number of rotatable bonds is 4. The first-order chi connectivity index (χ1) is 6.75. The predicted molar refractivity (Wildman–Crippen MR) is 56.8 cm³/mol. The molecule has 1 aromatic rings. The molecular weight excluding hydrogens is 176 g/mol.